The van der Waals surface area contributed by atoms with Crippen LogP contribution in [0.25, 0.3) is 11.1 Å². The third-order valence-electron chi connectivity index (χ3n) is 4.12. The molecule has 6 N–H and O–H groups in total. The van der Waals surface area contributed by atoms with Gasteiger partial charge in [0.25, 0.3) is 0 Å². The molecule has 10 heteroatoms. The van der Waals surface area contributed by atoms with Crippen molar-refractivity contribution in [3.63, 3.8) is 0 Å². The fourth-order valence-electron chi connectivity index (χ4n) is 2.26. The smallest absolute Gasteiger partial charge is 0.317 e. The normalized spacial score (nSPS) is 8.86. The molecule has 8 nitrogen and oxygen atoms in total. The van der Waals surface area contributed by atoms with E-state index in [1.807, 2.05) is 31.5 Å². The minimum atomic E-state index is -0.822. The minimum absolute atomic E-state index is 0.0417. The number of carbonyl (C=O) groups excluding carboxylic acids is 2. The van der Waals surface area contributed by atoms with Crippen LogP contribution in [-0.2, 0) is 20.9 Å². The zero-order valence-corrected chi connectivity index (χ0v) is 23.9. The lowest BCUT2D eigenvalue weighted by molar-refractivity contribution is -0.135. The average molecular weight is 541 g/mol. The van der Waals surface area contributed by atoms with Crippen LogP contribution in [0.3, 0.4) is 0 Å². The molecule has 0 unspecified atom stereocenters. The van der Waals surface area contributed by atoms with E-state index in [1.54, 1.807) is 7.05 Å². The Hall–Kier alpha value is -2.37. The van der Waals surface area contributed by atoms with E-state index in [2.05, 4.69) is 90.7 Å². The zero-order valence-electron chi connectivity index (χ0n) is 22.2. The molecule has 0 radical (unpaired) electrons. The molecular weight excluding hydrogens is 496 g/mol. The summed E-state index contributed by atoms with van der Waals surface area (Å²) in [6.07, 6.45) is 2.65. The lowest BCUT2D eigenvalue weighted by Gasteiger charge is -2.07. The average Bonchev–Trinajstić information content (AvgIpc) is 2.91. The Balaban J connectivity index is -0.000000445. The van der Waals surface area contributed by atoms with Gasteiger partial charge in [-0.3, -0.25) is 14.3 Å². The number of thiol groups is 1. The highest BCUT2D eigenvalue weighted by Crippen LogP contribution is 2.24. The molecule has 36 heavy (non-hydrogen) atoms. The first-order chi connectivity index (χ1) is 17.3. The highest BCUT2D eigenvalue weighted by atomic mass is 32.2. The molecular formula is C26H44N4O4S2. The predicted molar refractivity (Wildman–Crippen MR) is 158 cm³/mol. The van der Waals surface area contributed by atoms with E-state index in [-0.39, 0.29) is 12.5 Å². The number of aliphatic carboxylic acids is 1. The lowest BCUT2D eigenvalue weighted by atomic mass is 9.98. The van der Waals surface area contributed by atoms with Gasteiger partial charge in [-0.15, -0.1) is 0 Å². The summed E-state index contributed by atoms with van der Waals surface area (Å²) in [5.41, 5.74) is 10.6. The molecule has 2 rings (SSSR count). The first kappa shape index (κ1) is 38.2. The molecule has 0 saturated heterocycles. The van der Waals surface area contributed by atoms with Gasteiger partial charge in [-0.2, -0.15) is 11.8 Å². The number of amides is 1. The van der Waals surface area contributed by atoms with Crippen molar-refractivity contribution in [1.29, 1.82) is 0 Å². The quantitative estimate of drug-likeness (QED) is 0.210. The number of carboxylic acids is 1. The molecule has 2 aromatic rings. The zero-order chi connectivity index (χ0) is 28.2. The Morgan fingerprint density at radius 3 is 2.06 bits per heavy atom. The van der Waals surface area contributed by atoms with E-state index in [0.717, 1.165) is 0 Å². The topological polar surface area (TPSA) is 134 Å². The Bertz CT molecular complexity index is 795. The van der Waals surface area contributed by atoms with Crippen molar-refractivity contribution in [2.75, 3.05) is 38.7 Å². The maximum absolute atomic E-state index is 10.5. The van der Waals surface area contributed by atoms with Crippen molar-refractivity contribution < 1.29 is 19.5 Å². The number of hydrogen-bond donors (Lipinski definition) is 6. The van der Waals surface area contributed by atoms with Gasteiger partial charge in [-0.1, -0.05) is 69.1 Å². The van der Waals surface area contributed by atoms with Crippen LogP contribution < -0.4 is 21.1 Å². The molecule has 0 bridgehead atoms. The van der Waals surface area contributed by atoms with Gasteiger partial charge in [0.05, 0.1) is 6.54 Å². The molecule has 1 amide bonds. The number of rotatable bonds is 9. The Kier molecular flexibility index (Phi) is 30.6. The van der Waals surface area contributed by atoms with Crippen LogP contribution in [0.1, 0.15) is 31.4 Å². The number of aryl methyl sites for hydroxylation is 1. The number of carbonyl (C=O) groups is 3. The summed E-state index contributed by atoms with van der Waals surface area (Å²) < 4.78 is 2.63. The van der Waals surface area contributed by atoms with Gasteiger partial charge in [0, 0.05) is 26.1 Å². The van der Waals surface area contributed by atoms with Crippen LogP contribution in [0.5, 0.6) is 0 Å². The maximum atomic E-state index is 10.5. The van der Waals surface area contributed by atoms with Gasteiger partial charge in [0.1, 0.15) is 6.79 Å². The van der Waals surface area contributed by atoms with E-state index in [9.17, 15) is 9.59 Å². The van der Waals surface area contributed by atoms with Crippen molar-refractivity contribution in [1.82, 2.24) is 15.4 Å². The van der Waals surface area contributed by atoms with Crippen molar-refractivity contribution in [2.24, 2.45) is 5.73 Å². The third-order valence-corrected chi connectivity index (χ3v) is 4.92. The van der Waals surface area contributed by atoms with Crippen molar-refractivity contribution in [3.8, 4) is 11.1 Å². The van der Waals surface area contributed by atoms with E-state index in [0.29, 0.717) is 26.1 Å². The molecule has 0 spiro atoms. The van der Waals surface area contributed by atoms with E-state index in [4.69, 9.17) is 15.6 Å². The Morgan fingerprint density at radius 2 is 1.67 bits per heavy atom. The number of hydrogen-bond acceptors (Lipinski definition) is 8. The van der Waals surface area contributed by atoms with E-state index >= 15 is 0 Å². The second-order valence-electron chi connectivity index (χ2n) is 6.83. The highest BCUT2D eigenvalue weighted by Gasteiger charge is 2.01. The molecule has 0 fully saturated rings. The number of nitrogens with one attached hydrogen (secondary N) is 3. The summed E-state index contributed by atoms with van der Waals surface area (Å²) in [7, 11) is 1.59. The largest absolute Gasteiger partial charge is 0.480 e. The van der Waals surface area contributed by atoms with Gasteiger partial charge in [-0.05, 0) is 54.3 Å². The van der Waals surface area contributed by atoms with Crippen molar-refractivity contribution >= 4 is 43.2 Å². The van der Waals surface area contributed by atoms with Gasteiger partial charge in [0.2, 0.25) is 5.91 Å². The number of nitrogens with two attached hydrogens (primary N) is 1. The molecule has 0 aliphatic heterocycles. The SMILES string of the molecule is C=O.CCC(=O)NCCNS.CCSC.CNCC(=O)O.Cc1ccc(CN)cc1-c1ccccc1. The van der Waals surface area contributed by atoms with Crippen molar-refractivity contribution in [3.05, 3.63) is 59.7 Å². The molecule has 204 valence electrons. The second kappa shape index (κ2) is 28.9. The molecule has 2 aromatic carbocycles. The molecule has 0 aliphatic rings. The lowest BCUT2D eigenvalue weighted by Crippen LogP contribution is -2.28. The summed E-state index contributed by atoms with van der Waals surface area (Å²) in [4.78, 5) is 28.1. The standard InChI is InChI=1S/C14H15N.C5H12N2OS.C3H7NO2.C3H8S.CH2O/c1-11-7-8-12(10-15)9-14(11)13-5-3-2-4-6-13;1-2-5(8)6-3-4-7-9;1-4-2-3(5)6;1-3-4-2;1-2/h2-9H,10,15H2,1H3;7,9H,2-4H2,1H3,(H,6,8);4H,2H2,1H3,(H,5,6);3H2,1-2H3;1H2. The highest BCUT2D eigenvalue weighted by molar-refractivity contribution is 7.98. The van der Waals surface area contributed by atoms with Crippen LogP contribution in [0.15, 0.2) is 48.5 Å². The summed E-state index contributed by atoms with van der Waals surface area (Å²) in [5.74, 6) is 0.496. The summed E-state index contributed by atoms with van der Waals surface area (Å²) in [6, 6.07) is 16.8. The van der Waals surface area contributed by atoms with Gasteiger partial charge >= 0.3 is 5.97 Å². The van der Waals surface area contributed by atoms with E-state index < -0.39 is 5.97 Å². The second-order valence-corrected chi connectivity index (χ2v) is 8.30. The number of benzene rings is 2. The molecule has 0 aliphatic carbocycles. The van der Waals surface area contributed by atoms with Crippen LogP contribution >= 0.6 is 24.6 Å². The van der Waals surface area contributed by atoms with E-state index in [1.165, 1.54) is 28.0 Å². The summed E-state index contributed by atoms with van der Waals surface area (Å²) in [6.45, 7) is 10.1. The van der Waals surface area contributed by atoms with Crippen LogP contribution in [0, 0.1) is 6.92 Å². The minimum Gasteiger partial charge on any atom is -0.480 e. The number of thioether (sulfide) groups is 1. The summed E-state index contributed by atoms with van der Waals surface area (Å²) in [5, 5.41) is 13.0. The molecule has 0 saturated carbocycles. The monoisotopic (exact) mass is 540 g/mol. The van der Waals surface area contributed by atoms with Gasteiger partial charge in [-0.25, -0.2) is 0 Å². The fraction of sp³-hybridized carbons (Fsp3) is 0.423. The maximum Gasteiger partial charge on any atom is 0.317 e. The van der Waals surface area contributed by atoms with Gasteiger partial charge < -0.3 is 26.3 Å². The predicted octanol–water partition coefficient (Wildman–Crippen LogP) is 3.54. The molecule has 0 heterocycles. The van der Waals surface area contributed by atoms with Gasteiger partial charge in [0.15, 0.2) is 0 Å². The molecule has 0 atom stereocenters. The number of carboxylic acid groups (broad SMARTS) is 1. The fourth-order valence-corrected chi connectivity index (χ4v) is 2.37. The summed E-state index contributed by atoms with van der Waals surface area (Å²) >= 11 is 5.61. The van der Waals surface area contributed by atoms with Crippen LogP contribution in [0.4, 0.5) is 0 Å². The Labute approximate surface area is 226 Å². The van der Waals surface area contributed by atoms with Crippen LogP contribution in [0.2, 0.25) is 0 Å². The van der Waals surface area contributed by atoms with Crippen LogP contribution in [-0.4, -0.2) is 62.5 Å². The first-order valence-electron chi connectivity index (χ1n) is 11.4. The number of likely N-dealkylation sites (N-methyl/N-ethyl adjacent to an activating group) is 1. The molecule has 0 aromatic heterocycles. The Morgan fingerprint density at radius 1 is 1.08 bits per heavy atom. The van der Waals surface area contributed by atoms with Crippen molar-refractivity contribution in [2.45, 2.75) is 33.7 Å². The first-order valence-corrected chi connectivity index (χ1v) is 13.3. The third kappa shape index (κ3) is 23.4.